The molecule has 0 atom stereocenters. The molecule has 0 radical (unpaired) electrons. The number of nitrogens with zero attached hydrogens (tertiary/aromatic N) is 1. The highest BCUT2D eigenvalue weighted by Crippen LogP contribution is 2.19. The van der Waals surface area contributed by atoms with Crippen LogP contribution < -0.4 is 5.73 Å². The van der Waals surface area contributed by atoms with E-state index in [1.54, 1.807) is 0 Å². The zero-order valence-corrected chi connectivity index (χ0v) is 8.16. The second-order valence-corrected chi connectivity index (χ2v) is 3.70. The molecule has 0 spiro atoms. The molecule has 0 aromatic carbocycles. The van der Waals surface area contributed by atoms with Crippen LogP contribution in [0.2, 0.25) is 0 Å². The maximum atomic E-state index is 10.3. The Labute approximate surface area is 79.0 Å². The summed E-state index contributed by atoms with van der Waals surface area (Å²) in [7, 11) is 2.14. The van der Waals surface area contributed by atoms with E-state index in [0.29, 0.717) is 12.5 Å². The molecule has 4 heteroatoms. The number of amides is 1. The lowest BCUT2D eigenvalue weighted by Crippen LogP contribution is -2.30. The van der Waals surface area contributed by atoms with Crippen LogP contribution in [0.5, 0.6) is 0 Å². The highest BCUT2D eigenvalue weighted by molar-refractivity contribution is 5.64. The molecule has 13 heavy (non-hydrogen) atoms. The van der Waals surface area contributed by atoms with Crippen molar-refractivity contribution in [3.05, 3.63) is 0 Å². The third-order valence-corrected chi connectivity index (χ3v) is 2.61. The van der Waals surface area contributed by atoms with E-state index in [9.17, 15) is 4.79 Å². The van der Waals surface area contributed by atoms with Gasteiger partial charge >= 0.3 is 6.09 Å². The van der Waals surface area contributed by atoms with Gasteiger partial charge < -0.3 is 15.4 Å². The smallest absolute Gasteiger partial charge is 0.404 e. The van der Waals surface area contributed by atoms with Crippen molar-refractivity contribution in [2.24, 2.45) is 11.7 Å². The first-order valence-electron chi connectivity index (χ1n) is 4.79. The van der Waals surface area contributed by atoms with E-state index in [1.165, 1.54) is 12.8 Å². The number of likely N-dealkylation sites (tertiary alicyclic amines) is 1. The zero-order chi connectivity index (χ0) is 9.68. The Morgan fingerprint density at radius 2 is 2.15 bits per heavy atom. The minimum absolute atomic E-state index is 0.476. The molecule has 2 N–H and O–H groups in total. The first kappa shape index (κ1) is 10.3. The fourth-order valence-electron chi connectivity index (χ4n) is 1.68. The fourth-order valence-corrected chi connectivity index (χ4v) is 1.68. The molecule has 1 rings (SSSR count). The van der Waals surface area contributed by atoms with Crippen LogP contribution in [0.3, 0.4) is 0 Å². The van der Waals surface area contributed by atoms with Crippen LogP contribution >= 0.6 is 0 Å². The van der Waals surface area contributed by atoms with Gasteiger partial charge in [-0.05, 0) is 45.3 Å². The first-order valence-corrected chi connectivity index (χ1v) is 4.79. The van der Waals surface area contributed by atoms with Crippen LogP contribution in [0.15, 0.2) is 0 Å². The third kappa shape index (κ3) is 4.12. The van der Waals surface area contributed by atoms with Crippen molar-refractivity contribution in [3.63, 3.8) is 0 Å². The molecule has 0 aliphatic carbocycles. The number of carbonyl (C=O) groups is 1. The molecule has 1 aliphatic heterocycles. The topological polar surface area (TPSA) is 55.6 Å². The molecular formula is C9H18N2O2. The molecule has 0 saturated carbocycles. The Balaban J connectivity index is 2.05. The molecule has 76 valence electrons. The van der Waals surface area contributed by atoms with Crippen molar-refractivity contribution >= 4 is 6.09 Å². The molecule has 0 unspecified atom stereocenters. The van der Waals surface area contributed by atoms with Crippen molar-refractivity contribution in [1.82, 2.24) is 4.90 Å². The highest BCUT2D eigenvalue weighted by Gasteiger charge is 2.16. The minimum atomic E-state index is -0.659. The summed E-state index contributed by atoms with van der Waals surface area (Å²) in [6, 6.07) is 0. The first-order chi connectivity index (χ1) is 6.18. The number of primary amides is 1. The minimum Gasteiger partial charge on any atom is -0.450 e. The van der Waals surface area contributed by atoms with Gasteiger partial charge in [0, 0.05) is 0 Å². The largest absolute Gasteiger partial charge is 0.450 e. The molecule has 0 bridgehead atoms. The predicted molar refractivity (Wildman–Crippen MR) is 50.4 cm³/mol. The van der Waals surface area contributed by atoms with Crippen molar-refractivity contribution in [1.29, 1.82) is 0 Å². The van der Waals surface area contributed by atoms with Crippen molar-refractivity contribution in [2.45, 2.75) is 19.3 Å². The standard InChI is InChI=1S/C9H18N2O2/c1-11-5-2-8(3-6-11)4-7-13-9(10)12/h8H,2-7H2,1H3,(H2,10,12). The Bertz CT molecular complexity index is 165. The van der Waals surface area contributed by atoms with Crippen LogP contribution in [0, 0.1) is 5.92 Å². The monoisotopic (exact) mass is 186 g/mol. The lowest BCUT2D eigenvalue weighted by molar-refractivity contribution is 0.135. The normalized spacial score (nSPS) is 20.1. The highest BCUT2D eigenvalue weighted by atomic mass is 16.5. The SMILES string of the molecule is CN1CCC(CCOC(N)=O)CC1. The molecule has 0 aromatic rings. The van der Waals surface area contributed by atoms with Gasteiger partial charge in [-0.25, -0.2) is 4.79 Å². The van der Waals surface area contributed by atoms with Gasteiger partial charge in [-0.1, -0.05) is 0 Å². The molecule has 0 aromatic heterocycles. The summed E-state index contributed by atoms with van der Waals surface area (Å²) in [5.74, 6) is 0.704. The Morgan fingerprint density at radius 3 is 2.69 bits per heavy atom. The number of rotatable bonds is 3. The van der Waals surface area contributed by atoms with Crippen LogP contribution in [0.25, 0.3) is 0 Å². The van der Waals surface area contributed by atoms with E-state index < -0.39 is 6.09 Å². The van der Waals surface area contributed by atoms with Crippen molar-refractivity contribution in [2.75, 3.05) is 26.7 Å². The van der Waals surface area contributed by atoms with Gasteiger partial charge in [-0.2, -0.15) is 0 Å². The predicted octanol–water partition coefficient (Wildman–Crippen LogP) is 0.814. The number of carbonyl (C=O) groups excluding carboxylic acids is 1. The number of nitrogens with two attached hydrogens (primary N) is 1. The zero-order valence-electron chi connectivity index (χ0n) is 8.16. The van der Waals surface area contributed by atoms with Crippen LogP contribution in [0.1, 0.15) is 19.3 Å². The van der Waals surface area contributed by atoms with Crippen LogP contribution in [0.4, 0.5) is 4.79 Å². The quantitative estimate of drug-likeness (QED) is 0.709. The van der Waals surface area contributed by atoms with Gasteiger partial charge in [0.15, 0.2) is 0 Å². The molecule has 1 amide bonds. The van der Waals surface area contributed by atoms with Gasteiger partial charge in [0.25, 0.3) is 0 Å². The second kappa shape index (κ2) is 5.07. The van der Waals surface area contributed by atoms with E-state index in [-0.39, 0.29) is 0 Å². The summed E-state index contributed by atoms with van der Waals surface area (Å²) in [4.78, 5) is 12.6. The summed E-state index contributed by atoms with van der Waals surface area (Å²) in [5.41, 5.74) is 4.86. The van der Waals surface area contributed by atoms with Crippen LogP contribution in [-0.2, 0) is 4.74 Å². The van der Waals surface area contributed by atoms with Gasteiger partial charge in [0.05, 0.1) is 6.61 Å². The summed E-state index contributed by atoms with van der Waals surface area (Å²) < 4.78 is 4.70. The second-order valence-electron chi connectivity index (χ2n) is 3.70. The van der Waals surface area contributed by atoms with Crippen LogP contribution in [-0.4, -0.2) is 37.7 Å². The van der Waals surface area contributed by atoms with Gasteiger partial charge in [0.1, 0.15) is 0 Å². The van der Waals surface area contributed by atoms with Crippen molar-refractivity contribution < 1.29 is 9.53 Å². The average Bonchev–Trinajstić information content (AvgIpc) is 2.08. The summed E-state index contributed by atoms with van der Waals surface area (Å²) in [6.45, 7) is 2.78. The number of hydrogen-bond acceptors (Lipinski definition) is 3. The molecule has 1 fully saturated rings. The number of hydrogen-bond donors (Lipinski definition) is 1. The summed E-state index contributed by atoms with van der Waals surface area (Å²) in [5, 5.41) is 0. The number of piperidine rings is 1. The van der Waals surface area contributed by atoms with Gasteiger partial charge in [-0.3, -0.25) is 0 Å². The molecule has 1 aliphatic rings. The third-order valence-electron chi connectivity index (χ3n) is 2.61. The van der Waals surface area contributed by atoms with E-state index in [1.807, 2.05) is 0 Å². The maximum Gasteiger partial charge on any atom is 0.404 e. The lowest BCUT2D eigenvalue weighted by Gasteiger charge is -2.28. The summed E-state index contributed by atoms with van der Waals surface area (Å²) >= 11 is 0. The van der Waals surface area contributed by atoms with E-state index in [2.05, 4.69) is 11.9 Å². The fraction of sp³-hybridized carbons (Fsp3) is 0.889. The Morgan fingerprint density at radius 1 is 1.54 bits per heavy atom. The maximum absolute atomic E-state index is 10.3. The van der Waals surface area contributed by atoms with Gasteiger partial charge in [-0.15, -0.1) is 0 Å². The Hall–Kier alpha value is -0.770. The molecule has 4 nitrogen and oxygen atoms in total. The molecule has 1 saturated heterocycles. The lowest BCUT2D eigenvalue weighted by atomic mass is 9.94. The summed E-state index contributed by atoms with van der Waals surface area (Å²) in [6.07, 6.45) is 2.71. The Kier molecular flexibility index (Phi) is 4.02. The van der Waals surface area contributed by atoms with E-state index in [0.717, 1.165) is 19.5 Å². The van der Waals surface area contributed by atoms with E-state index in [4.69, 9.17) is 10.5 Å². The molecular weight excluding hydrogens is 168 g/mol. The molecule has 1 heterocycles. The number of ether oxygens (including phenoxy) is 1. The van der Waals surface area contributed by atoms with Gasteiger partial charge in [0.2, 0.25) is 0 Å². The van der Waals surface area contributed by atoms with Crippen molar-refractivity contribution in [3.8, 4) is 0 Å². The van der Waals surface area contributed by atoms with E-state index >= 15 is 0 Å². The average molecular weight is 186 g/mol.